The van der Waals surface area contributed by atoms with Gasteiger partial charge in [-0.2, -0.15) is 0 Å². The van der Waals surface area contributed by atoms with Gasteiger partial charge in [-0.1, -0.05) is 11.8 Å². The molecule has 1 aliphatic heterocycles. The molecule has 0 unspecified atom stereocenters. The van der Waals surface area contributed by atoms with Gasteiger partial charge in [0.05, 0.1) is 10.5 Å². The number of benzene rings is 1. The zero-order valence-corrected chi connectivity index (χ0v) is 11.7. The van der Waals surface area contributed by atoms with E-state index in [2.05, 4.69) is 4.99 Å². The number of amidine groups is 1. The van der Waals surface area contributed by atoms with E-state index in [0.29, 0.717) is 5.17 Å². The Labute approximate surface area is 119 Å². The number of nitrogens with zero attached hydrogens (tertiary/aromatic N) is 2. The van der Waals surface area contributed by atoms with Crippen molar-refractivity contribution < 1.29 is 9.31 Å². The zero-order valence-electron chi connectivity index (χ0n) is 10.9. The van der Waals surface area contributed by atoms with Gasteiger partial charge in [-0.25, -0.2) is 4.39 Å². The molecule has 1 saturated carbocycles. The van der Waals surface area contributed by atoms with Crippen molar-refractivity contribution in [2.24, 2.45) is 16.1 Å². The highest BCUT2D eigenvalue weighted by atomic mass is 32.2. The van der Waals surface area contributed by atoms with Crippen molar-refractivity contribution in [2.45, 2.75) is 25.3 Å². The van der Waals surface area contributed by atoms with E-state index in [0.717, 1.165) is 24.7 Å². The number of nitrogens with two attached hydrogens (primary N) is 1. The van der Waals surface area contributed by atoms with Crippen LogP contribution in [0.15, 0.2) is 23.2 Å². The Morgan fingerprint density at radius 2 is 2.20 bits per heavy atom. The molecule has 5 nitrogen and oxygen atoms in total. The van der Waals surface area contributed by atoms with Crippen LogP contribution in [0.5, 0.6) is 0 Å². The van der Waals surface area contributed by atoms with Crippen LogP contribution in [0.4, 0.5) is 10.1 Å². The monoisotopic (exact) mass is 295 g/mol. The quantitative estimate of drug-likeness (QED) is 0.672. The first kappa shape index (κ1) is 13.4. The fraction of sp³-hybridized carbons (Fsp3) is 0.462. The van der Waals surface area contributed by atoms with Crippen LogP contribution in [0.25, 0.3) is 0 Å². The Balaban J connectivity index is 2.17. The minimum Gasteiger partial charge on any atom is -0.379 e. The van der Waals surface area contributed by atoms with Crippen LogP contribution in [0, 0.1) is 21.3 Å². The minimum atomic E-state index is -0.821. The number of aliphatic imine (C=N–C) groups is 1. The molecule has 0 aromatic heterocycles. The van der Waals surface area contributed by atoms with Gasteiger partial charge in [0.1, 0.15) is 5.82 Å². The van der Waals surface area contributed by atoms with Gasteiger partial charge in [-0.3, -0.25) is 15.1 Å². The Kier molecular flexibility index (Phi) is 2.79. The number of hydrogen-bond donors (Lipinski definition) is 1. The van der Waals surface area contributed by atoms with Crippen molar-refractivity contribution in [3.63, 3.8) is 0 Å². The van der Waals surface area contributed by atoms with Gasteiger partial charge >= 0.3 is 0 Å². The SMILES string of the molecule is C[C@]1(c2cc([N+](=O)[O-])ccc2F)N=C(N)SCC12CC2. The van der Waals surface area contributed by atoms with E-state index < -0.39 is 16.3 Å². The Morgan fingerprint density at radius 3 is 2.80 bits per heavy atom. The summed E-state index contributed by atoms with van der Waals surface area (Å²) < 4.78 is 14.2. The Morgan fingerprint density at radius 1 is 1.50 bits per heavy atom. The van der Waals surface area contributed by atoms with Gasteiger partial charge < -0.3 is 5.73 Å². The normalized spacial score (nSPS) is 27.2. The lowest BCUT2D eigenvalue weighted by Crippen LogP contribution is -2.40. The number of hydrogen-bond acceptors (Lipinski definition) is 5. The summed E-state index contributed by atoms with van der Waals surface area (Å²) in [5.41, 5.74) is 5.00. The molecule has 1 spiro atoms. The maximum absolute atomic E-state index is 14.2. The topological polar surface area (TPSA) is 81.5 Å². The first-order valence-corrected chi connectivity index (χ1v) is 7.29. The first-order chi connectivity index (χ1) is 9.38. The number of nitro groups is 1. The van der Waals surface area contributed by atoms with Crippen LogP contribution in [-0.4, -0.2) is 15.8 Å². The molecule has 1 fully saturated rings. The summed E-state index contributed by atoms with van der Waals surface area (Å²) in [7, 11) is 0. The summed E-state index contributed by atoms with van der Waals surface area (Å²) in [6.45, 7) is 1.83. The summed E-state index contributed by atoms with van der Waals surface area (Å²) in [5, 5.41) is 11.3. The molecule has 3 rings (SSSR count). The molecular formula is C13H14FN3O2S. The summed E-state index contributed by atoms with van der Waals surface area (Å²) in [5.74, 6) is 0.314. The van der Waals surface area contributed by atoms with Crippen LogP contribution >= 0.6 is 11.8 Å². The molecule has 1 aromatic carbocycles. The molecule has 0 radical (unpaired) electrons. The Bertz CT molecular complexity index is 630. The van der Waals surface area contributed by atoms with E-state index in [-0.39, 0.29) is 16.7 Å². The van der Waals surface area contributed by atoms with Crippen molar-refractivity contribution in [1.29, 1.82) is 0 Å². The van der Waals surface area contributed by atoms with Gasteiger partial charge in [0.15, 0.2) is 5.17 Å². The lowest BCUT2D eigenvalue weighted by molar-refractivity contribution is -0.385. The molecule has 20 heavy (non-hydrogen) atoms. The predicted molar refractivity (Wildman–Crippen MR) is 76.2 cm³/mol. The van der Waals surface area contributed by atoms with Crippen molar-refractivity contribution in [2.75, 3.05) is 5.75 Å². The minimum absolute atomic E-state index is 0.120. The number of nitro benzene ring substituents is 1. The smallest absolute Gasteiger partial charge is 0.270 e. The van der Waals surface area contributed by atoms with Gasteiger partial charge in [0, 0.05) is 28.9 Å². The van der Waals surface area contributed by atoms with Crippen molar-refractivity contribution in [3.05, 3.63) is 39.7 Å². The van der Waals surface area contributed by atoms with E-state index in [4.69, 9.17) is 5.73 Å². The Hall–Kier alpha value is -1.63. The van der Waals surface area contributed by atoms with Crippen molar-refractivity contribution >= 4 is 22.6 Å². The number of non-ortho nitro benzene ring substituents is 1. The van der Waals surface area contributed by atoms with Crippen LogP contribution in [0.3, 0.4) is 0 Å². The molecule has 1 aliphatic carbocycles. The molecule has 1 aromatic rings. The number of halogens is 1. The van der Waals surface area contributed by atoms with E-state index in [1.807, 2.05) is 6.92 Å². The molecule has 2 N–H and O–H groups in total. The van der Waals surface area contributed by atoms with Crippen LogP contribution in [0.1, 0.15) is 25.3 Å². The highest BCUT2D eigenvalue weighted by Crippen LogP contribution is 2.63. The lowest BCUT2D eigenvalue weighted by atomic mass is 9.77. The predicted octanol–water partition coefficient (Wildman–Crippen LogP) is 2.79. The van der Waals surface area contributed by atoms with Crippen LogP contribution in [-0.2, 0) is 5.54 Å². The second-order valence-electron chi connectivity index (χ2n) is 5.51. The van der Waals surface area contributed by atoms with Gasteiger partial charge in [-0.05, 0) is 25.8 Å². The highest BCUT2D eigenvalue weighted by Gasteiger charge is 2.60. The fourth-order valence-electron chi connectivity index (χ4n) is 2.85. The standard InChI is InChI=1S/C13H14FN3O2S/c1-12(13(4-5-13)7-20-11(15)16-12)9-6-8(17(18)19)2-3-10(9)14/h2-3,6H,4-5,7H2,1H3,(H2,15,16)/t12-/m1/s1. The first-order valence-electron chi connectivity index (χ1n) is 6.31. The van der Waals surface area contributed by atoms with Crippen molar-refractivity contribution in [1.82, 2.24) is 0 Å². The maximum Gasteiger partial charge on any atom is 0.270 e. The fourth-order valence-corrected chi connectivity index (χ4v) is 4.09. The van der Waals surface area contributed by atoms with Gasteiger partial charge in [0.25, 0.3) is 5.69 Å². The molecule has 0 amide bonds. The van der Waals surface area contributed by atoms with Crippen molar-refractivity contribution in [3.8, 4) is 0 Å². The average molecular weight is 295 g/mol. The third-order valence-electron chi connectivity index (χ3n) is 4.40. The number of rotatable bonds is 2. The summed E-state index contributed by atoms with van der Waals surface area (Å²) in [6.07, 6.45) is 1.88. The third-order valence-corrected chi connectivity index (χ3v) is 5.49. The second-order valence-corrected chi connectivity index (χ2v) is 6.51. The molecule has 0 bridgehead atoms. The summed E-state index contributed by atoms with van der Waals surface area (Å²) in [6, 6.07) is 3.61. The molecule has 7 heteroatoms. The molecule has 2 aliphatic rings. The summed E-state index contributed by atoms with van der Waals surface area (Å²) in [4.78, 5) is 14.8. The molecule has 1 heterocycles. The van der Waals surface area contributed by atoms with E-state index in [1.54, 1.807) is 0 Å². The van der Waals surface area contributed by atoms with E-state index in [9.17, 15) is 14.5 Å². The molecule has 1 atom stereocenters. The second kappa shape index (κ2) is 4.18. The summed E-state index contributed by atoms with van der Waals surface area (Å²) >= 11 is 1.47. The zero-order chi connectivity index (χ0) is 14.5. The largest absolute Gasteiger partial charge is 0.379 e. The molecule has 106 valence electrons. The van der Waals surface area contributed by atoms with Gasteiger partial charge in [-0.15, -0.1) is 0 Å². The maximum atomic E-state index is 14.2. The van der Waals surface area contributed by atoms with Crippen LogP contribution < -0.4 is 5.73 Å². The third kappa shape index (κ3) is 1.80. The average Bonchev–Trinajstić information content (AvgIpc) is 3.16. The van der Waals surface area contributed by atoms with E-state index in [1.165, 1.54) is 23.9 Å². The van der Waals surface area contributed by atoms with Gasteiger partial charge in [0.2, 0.25) is 0 Å². The highest BCUT2D eigenvalue weighted by molar-refractivity contribution is 8.13. The molecule has 0 saturated heterocycles. The lowest BCUT2D eigenvalue weighted by Gasteiger charge is -2.38. The van der Waals surface area contributed by atoms with E-state index >= 15 is 0 Å². The number of thioether (sulfide) groups is 1. The molecular weight excluding hydrogens is 281 g/mol. The van der Waals surface area contributed by atoms with Crippen LogP contribution in [0.2, 0.25) is 0 Å².